The molecule has 0 saturated carbocycles. The Morgan fingerprint density at radius 1 is 1.29 bits per heavy atom. The first kappa shape index (κ1) is 25.9. The quantitative estimate of drug-likeness (QED) is 0.119. The minimum absolute atomic E-state index is 0.00409. The van der Waals surface area contributed by atoms with Crippen molar-refractivity contribution in [3.63, 3.8) is 0 Å². The Bertz CT molecular complexity index is 1160. The number of ether oxygens (including phenoxy) is 2. The van der Waals surface area contributed by atoms with Crippen molar-refractivity contribution in [2.24, 2.45) is 5.16 Å². The zero-order chi connectivity index (χ0) is 25.7. The summed E-state index contributed by atoms with van der Waals surface area (Å²) >= 11 is 2.37. The fraction of sp³-hybridized carbons (Fsp3) is 0.350. The number of fused-ring (bicyclic) bond motifs is 1. The molecule has 3 heterocycles. The summed E-state index contributed by atoms with van der Waals surface area (Å²) in [6.45, 7) is 3.42. The van der Waals surface area contributed by atoms with E-state index in [-0.39, 0.29) is 22.2 Å². The SMILES string of the molecule is C/C=C\C1=C(C(=O)OCOC(C)=O)N2C(=O)[C@@H](NC(=O)/C(=N\OC(C)=O)c3csc(N)n3)[C@H]2SC1. The number of anilines is 1. The van der Waals surface area contributed by atoms with Crippen molar-refractivity contribution >= 4 is 63.7 Å². The van der Waals surface area contributed by atoms with Crippen molar-refractivity contribution in [3.05, 3.63) is 34.5 Å². The third kappa shape index (κ3) is 5.86. The number of aromatic nitrogens is 1. The topological polar surface area (TPSA) is 180 Å². The van der Waals surface area contributed by atoms with Gasteiger partial charge in [0, 0.05) is 25.0 Å². The van der Waals surface area contributed by atoms with Gasteiger partial charge in [0.2, 0.25) is 6.79 Å². The Labute approximate surface area is 207 Å². The molecular weight excluding hydrogens is 502 g/mol. The number of carbonyl (C=O) groups is 5. The average molecular weight is 524 g/mol. The fourth-order valence-corrected chi connectivity index (χ4v) is 4.98. The Hall–Kier alpha value is -3.72. The number of hydrogen-bond donors (Lipinski definition) is 2. The number of allylic oxidation sites excluding steroid dienone is 2. The maximum Gasteiger partial charge on any atom is 0.358 e. The second-order valence-corrected chi connectivity index (χ2v) is 9.01. The van der Waals surface area contributed by atoms with Crippen LogP contribution in [0, 0.1) is 0 Å². The standard InChI is InChI=1S/C20H21N5O8S2/c1-4-5-11-6-34-18-14(17(29)25(18)15(11)19(30)32-8-31-9(2)26)23-16(28)13(24-33-10(3)27)12-7-35-20(21)22-12/h4-5,7,14,18H,6,8H2,1-3H3,(H2,21,22)(H,23,28)/b5-4-,24-13-/t14-,18-/m1/s1. The summed E-state index contributed by atoms with van der Waals surface area (Å²) in [5, 5.41) is 7.10. The summed E-state index contributed by atoms with van der Waals surface area (Å²) in [4.78, 5) is 70.5. The maximum atomic E-state index is 13.0. The number of amides is 2. The molecule has 35 heavy (non-hydrogen) atoms. The third-order valence-corrected chi connectivity index (χ3v) is 6.52. The zero-order valence-corrected chi connectivity index (χ0v) is 20.4. The van der Waals surface area contributed by atoms with E-state index in [0.717, 1.165) is 25.2 Å². The first-order chi connectivity index (χ1) is 16.6. The molecule has 15 heteroatoms. The highest BCUT2D eigenvalue weighted by molar-refractivity contribution is 8.00. The molecule has 2 amide bonds. The molecule has 0 unspecified atom stereocenters. The van der Waals surface area contributed by atoms with Crippen molar-refractivity contribution in [2.75, 3.05) is 18.3 Å². The molecule has 3 rings (SSSR count). The number of β-lactam (4-membered cyclic amide) rings is 1. The third-order valence-electron chi connectivity index (χ3n) is 4.54. The van der Waals surface area contributed by atoms with E-state index >= 15 is 0 Å². The normalized spacial score (nSPS) is 19.7. The summed E-state index contributed by atoms with van der Waals surface area (Å²) in [6.07, 6.45) is 3.37. The molecule has 2 atom stereocenters. The molecule has 0 aromatic carbocycles. The van der Waals surface area contributed by atoms with Gasteiger partial charge in [-0.15, -0.1) is 23.1 Å². The van der Waals surface area contributed by atoms with Gasteiger partial charge >= 0.3 is 17.9 Å². The van der Waals surface area contributed by atoms with E-state index in [1.54, 1.807) is 19.1 Å². The minimum atomic E-state index is -1.01. The highest BCUT2D eigenvalue weighted by Gasteiger charge is 2.54. The number of nitrogen functional groups attached to an aromatic ring is 1. The lowest BCUT2D eigenvalue weighted by Crippen LogP contribution is -2.71. The first-order valence-corrected chi connectivity index (χ1v) is 12.0. The van der Waals surface area contributed by atoms with Crippen molar-refractivity contribution < 1.29 is 38.3 Å². The van der Waals surface area contributed by atoms with Crippen molar-refractivity contribution in [3.8, 4) is 0 Å². The number of thiazole rings is 1. The molecule has 13 nitrogen and oxygen atoms in total. The molecule has 2 aliphatic heterocycles. The molecule has 1 aromatic heterocycles. The Kier molecular flexibility index (Phi) is 8.24. The summed E-state index contributed by atoms with van der Waals surface area (Å²) in [5.41, 5.74) is 5.88. The van der Waals surface area contributed by atoms with Gasteiger partial charge in [0.1, 0.15) is 22.8 Å². The van der Waals surface area contributed by atoms with Crippen LogP contribution in [0.1, 0.15) is 26.5 Å². The van der Waals surface area contributed by atoms with E-state index in [1.807, 2.05) is 0 Å². The van der Waals surface area contributed by atoms with Gasteiger partial charge in [0.25, 0.3) is 11.8 Å². The number of nitrogens with two attached hydrogens (primary N) is 1. The number of carbonyl (C=O) groups excluding carboxylic acids is 5. The average Bonchev–Trinajstić information content (AvgIpc) is 3.22. The van der Waals surface area contributed by atoms with E-state index in [2.05, 4.69) is 25.0 Å². The van der Waals surface area contributed by atoms with Crippen LogP contribution in [0.4, 0.5) is 5.13 Å². The number of rotatable bonds is 8. The van der Waals surface area contributed by atoms with E-state index in [9.17, 15) is 24.0 Å². The lowest BCUT2D eigenvalue weighted by Gasteiger charge is -2.49. The second-order valence-electron chi connectivity index (χ2n) is 7.01. The van der Waals surface area contributed by atoms with E-state index in [4.69, 9.17) is 10.5 Å². The molecule has 3 N–H and O–H groups in total. The predicted molar refractivity (Wildman–Crippen MR) is 124 cm³/mol. The number of hydrogen-bond acceptors (Lipinski definition) is 13. The summed E-state index contributed by atoms with van der Waals surface area (Å²) < 4.78 is 9.63. The molecule has 1 aromatic rings. The van der Waals surface area contributed by atoms with E-state index in [0.29, 0.717) is 11.3 Å². The second kappa shape index (κ2) is 11.1. The van der Waals surface area contributed by atoms with Crippen LogP contribution in [0.3, 0.4) is 0 Å². The molecular formula is C20H21N5O8S2. The van der Waals surface area contributed by atoms with Gasteiger partial charge in [0.15, 0.2) is 10.8 Å². The lowest BCUT2D eigenvalue weighted by atomic mass is 10.0. The Balaban J connectivity index is 1.79. The van der Waals surface area contributed by atoms with Crippen molar-refractivity contribution in [1.82, 2.24) is 15.2 Å². The van der Waals surface area contributed by atoms with Gasteiger partial charge in [-0.2, -0.15) is 0 Å². The van der Waals surface area contributed by atoms with Crippen LogP contribution in [-0.4, -0.2) is 69.3 Å². The van der Waals surface area contributed by atoms with Gasteiger partial charge in [-0.1, -0.05) is 17.3 Å². The maximum absolute atomic E-state index is 13.0. The Morgan fingerprint density at radius 3 is 2.63 bits per heavy atom. The number of esters is 2. The highest BCUT2D eigenvalue weighted by atomic mass is 32.2. The first-order valence-electron chi connectivity index (χ1n) is 10.0. The van der Waals surface area contributed by atoms with Crippen LogP contribution in [0.5, 0.6) is 0 Å². The molecule has 0 spiro atoms. The smallest absolute Gasteiger partial charge is 0.358 e. The molecule has 2 aliphatic rings. The molecule has 1 saturated heterocycles. The fourth-order valence-electron chi connectivity index (χ4n) is 3.12. The van der Waals surface area contributed by atoms with Gasteiger partial charge in [-0.3, -0.25) is 19.3 Å². The summed E-state index contributed by atoms with van der Waals surface area (Å²) in [5.74, 6) is -3.28. The van der Waals surface area contributed by atoms with Gasteiger partial charge in [0.05, 0.1) is 0 Å². The largest absolute Gasteiger partial charge is 0.428 e. The predicted octanol–water partition coefficient (Wildman–Crippen LogP) is 0.286. The molecule has 1 fully saturated rings. The summed E-state index contributed by atoms with van der Waals surface area (Å²) in [6, 6.07) is -1.01. The monoisotopic (exact) mass is 523 g/mol. The van der Waals surface area contributed by atoms with E-state index < -0.39 is 47.9 Å². The lowest BCUT2D eigenvalue weighted by molar-refractivity contribution is -0.166. The number of nitrogens with one attached hydrogen (secondary N) is 1. The minimum Gasteiger partial charge on any atom is -0.428 e. The van der Waals surface area contributed by atoms with Gasteiger partial charge in [-0.25, -0.2) is 14.6 Å². The van der Waals surface area contributed by atoms with Gasteiger partial charge in [-0.05, 0) is 12.5 Å². The van der Waals surface area contributed by atoms with Crippen LogP contribution >= 0.6 is 23.1 Å². The van der Waals surface area contributed by atoms with Crippen LogP contribution in [-0.2, 0) is 38.3 Å². The molecule has 0 radical (unpaired) electrons. The van der Waals surface area contributed by atoms with E-state index in [1.165, 1.54) is 22.0 Å². The summed E-state index contributed by atoms with van der Waals surface area (Å²) in [7, 11) is 0. The van der Waals surface area contributed by atoms with Crippen LogP contribution < -0.4 is 11.1 Å². The van der Waals surface area contributed by atoms with Crippen molar-refractivity contribution in [2.45, 2.75) is 32.2 Å². The molecule has 0 aliphatic carbocycles. The van der Waals surface area contributed by atoms with Crippen LogP contribution in [0.15, 0.2) is 34.0 Å². The van der Waals surface area contributed by atoms with Crippen LogP contribution in [0.2, 0.25) is 0 Å². The molecule has 0 bridgehead atoms. The molecule has 186 valence electrons. The van der Waals surface area contributed by atoms with Crippen molar-refractivity contribution in [1.29, 1.82) is 0 Å². The number of nitrogens with zero attached hydrogens (tertiary/aromatic N) is 3. The van der Waals surface area contributed by atoms with Crippen LogP contribution in [0.25, 0.3) is 0 Å². The zero-order valence-electron chi connectivity index (χ0n) is 18.8. The Morgan fingerprint density at radius 2 is 2.03 bits per heavy atom. The highest BCUT2D eigenvalue weighted by Crippen LogP contribution is 2.41. The number of oxime groups is 1. The number of thioether (sulfide) groups is 1. The van der Waals surface area contributed by atoms with Gasteiger partial charge < -0.3 is 25.4 Å².